The molecule has 1 aromatic rings. The predicted octanol–water partition coefficient (Wildman–Crippen LogP) is 3.99. The van der Waals surface area contributed by atoms with Gasteiger partial charge in [-0.25, -0.2) is 0 Å². The number of nitrogens with one attached hydrogen (secondary N) is 1. The molecule has 3 amide bonds. The van der Waals surface area contributed by atoms with Crippen LogP contribution in [0.4, 0.5) is 11.4 Å². The number of aliphatic hydroxyl groups is 1. The Morgan fingerprint density at radius 1 is 1.10 bits per heavy atom. The van der Waals surface area contributed by atoms with E-state index in [2.05, 4.69) is 37.2 Å². The Hall–Kier alpha value is -3.70. The van der Waals surface area contributed by atoms with Gasteiger partial charge >= 0.3 is 5.97 Å². The lowest BCUT2D eigenvalue weighted by molar-refractivity contribution is -0.159. The number of benzene rings is 1. The number of carbonyl (C=O) groups is 4. The highest BCUT2D eigenvalue weighted by atomic mass is 16.6. The highest BCUT2D eigenvalue weighted by Crippen LogP contribution is 2.59. The molecule has 0 aromatic heterocycles. The summed E-state index contributed by atoms with van der Waals surface area (Å²) < 4.78 is 12.4. The van der Waals surface area contributed by atoms with E-state index in [9.17, 15) is 24.3 Å². The zero-order valence-electron chi connectivity index (χ0n) is 28.9. The molecule has 1 spiro atoms. The molecule has 264 valence electrons. The largest absolute Gasteiger partial charge is 0.460 e. The van der Waals surface area contributed by atoms with Gasteiger partial charge in [0.1, 0.15) is 17.7 Å². The molecule has 3 saturated heterocycles. The van der Waals surface area contributed by atoms with Crippen molar-refractivity contribution in [2.45, 2.75) is 96.0 Å². The number of aliphatic hydroxyl groups excluding tert-OH is 1. The molecule has 11 heteroatoms. The number of allylic oxidation sites excluding steroid dienone is 1. The van der Waals surface area contributed by atoms with E-state index in [-0.39, 0.29) is 37.4 Å². The number of hydrogen-bond donors (Lipinski definition) is 2. The first kappa shape index (κ1) is 37.1. The molecule has 0 radical (unpaired) electrons. The molecular formula is C37H54N4O7. The van der Waals surface area contributed by atoms with Crippen molar-refractivity contribution in [3.05, 3.63) is 49.6 Å². The van der Waals surface area contributed by atoms with Gasteiger partial charge < -0.3 is 34.6 Å². The molecular weight excluding hydrogens is 612 g/mol. The summed E-state index contributed by atoms with van der Waals surface area (Å²) in [7, 11) is 0. The van der Waals surface area contributed by atoms with Crippen LogP contribution in [0.25, 0.3) is 0 Å². The van der Waals surface area contributed by atoms with Gasteiger partial charge in [0.2, 0.25) is 11.8 Å². The minimum atomic E-state index is -1.16. The van der Waals surface area contributed by atoms with E-state index in [1.807, 2.05) is 24.3 Å². The van der Waals surface area contributed by atoms with Gasteiger partial charge in [-0.15, -0.1) is 13.2 Å². The maximum atomic E-state index is 14.8. The summed E-state index contributed by atoms with van der Waals surface area (Å²) in [5.41, 5.74) is 0.591. The average Bonchev–Trinajstić information content (AvgIpc) is 3.73. The van der Waals surface area contributed by atoms with Gasteiger partial charge in [-0.05, 0) is 77.1 Å². The third-order valence-electron chi connectivity index (χ3n) is 9.96. The third kappa shape index (κ3) is 7.78. The zero-order valence-corrected chi connectivity index (χ0v) is 28.9. The molecule has 0 aliphatic carbocycles. The number of unbranched alkanes of at least 4 members (excludes halogenated alkanes) is 3. The summed E-state index contributed by atoms with van der Waals surface area (Å²) in [6.07, 6.45) is 6.98. The van der Waals surface area contributed by atoms with Gasteiger partial charge in [0, 0.05) is 50.6 Å². The highest BCUT2D eigenvalue weighted by Gasteiger charge is 2.75. The number of rotatable bonds is 20. The van der Waals surface area contributed by atoms with Crippen LogP contribution in [0.2, 0.25) is 0 Å². The molecule has 3 heterocycles. The highest BCUT2D eigenvalue weighted by molar-refractivity contribution is 6.04. The van der Waals surface area contributed by atoms with E-state index in [1.165, 1.54) is 0 Å². The summed E-state index contributed by atoms with van der Waals surface area (Å²) in [5, 5.41) is 12.0. The van der Waals surface area contributed by atoms with E-state index in [4.69, 9.17) is 9.47 Å². The lowest BCUT2D eigenvalue weighted by Crippen LogP contribution is -2.56. The number of ether oxygens (including phenoxy) is 2. The van der Waals surface area contributed by atoms with Gasteiger partial charge in [0.15, 0.2) is 0 Å². The Bertz CT molecular complexity index is 1300. The monoisotopic (exact) mass is 666 g/mol. The first-order valence-corrected chi connectivity index (χ1v) is 17.6. The average molecular weight is 667 g/mol. The third-order valence-corrected chi connectivity index (χ3v) is 9.96. The Kier molecular flexibility index (Phi) is 13.2. The normalized spacial score (nSPS) is 24.6. The summed E-state index contributed by atoms with van der Waals surface area (Å²) >= 11 is 0. The number of likely N-dealkylation sites (tertiary alicyclic amines) is 1. The van der Waals surface area contributed by atoms with Crippen molar-refractivity contribution in [2.24, 2.45) is 11.8 Å². The van der Waals surface area contributed by atoms with Crippen LogP contribution in [0, 0.1) is 11.8 Å². The number of anilines is 2. The molecule has 3 aliphatic rings. The smallest absolute Gasteiger partial charge is 0.312 e. The van der Waals surface area contributed by atoms with Gasteiger partial charge in [-0.3, -0.25) is 19.2 Å². The molecule has 2 N–H and O–H groups in total. The van der Waals surface area contributed by atoms with Crippen LogP contribution in [0.15, 0.2) is 49.6 Å². The van der Waals surface area contributed by atoms with E-state index in [1.54, 1.807) is 28.9 Å². The molecule has 6 atom stereocenters. The van der Waals surface area contributed by atoms with E-state index >= 15 is 0 Å². The van der Waals surface area contributed by atoms with Crippen LogP contribution in [0.5, 0.6) is 0 Å². The molecule has 4 rings (SSSR count). The topological polar surface area (TPSA) is 129 Å². The fourth-order valence-electron chi connectivity index (χ4n) is 7.62. The van der Waals surface area contributed by atoms with Crippen LogP contribution in [-0.4, -0.2) is 96.9 Å². The minimum Gasteiger partial charge on any atom is -0.460 e. The van der Waals surface area contributed by atoms with Crippen molar-refractivity contribution < 1.29 is 33.8 Å². The maximum absolute atomic E-state index is 14.8. The van der Waals surface area contributed by atoms with E-state index in [0.717, 1.165) is 31.6 Å². The molecule has 0 saturated carbocycles. The number of carbonyl (C=O) groups excluding carboxylic acids is 4. The van der Waals surface area contributed by atoms with Crippen LogP contribution >= 0.6 is 0 Å². The second-order valence-corrected chi connectivity index (χ2v) is 13.0. The first-order chi connectivity index (χ1) is 23.2. The Labute approximate surface area is 285 Å². The molecule has 2 bridgehead atoms. The fourth-order valence-corrected chi connectivity index (χ4v) is 7.62. The van der Waals surface area contributed by atoms with Gasteiger partial charge in [-0.2, -0.15) is 0 Å². The first-order valence-electron chi connectivity index (χ1n) is 17.6. The summed E-state index contributed by atoms with van der Waals surface area (Å²) in [6, 6.07) is 6.92. The van der Waals surface area contributed by atoms with Crippen LogP contribution in [0.1, 0.15) is 72.1 Å². The Morgan fingerprint density at radius 2 is 1.79 bits per heavy atom. The Morgan fingerprint density at radius 3 is 2.44 bits per heavy atom. The standard InChI is InChI=1S/C37H54N4O7/c1-6-10-15-30(43)38-25-26(5)47-36(46)31-29-20-21-37(48-29)32(31)34(44)41(23-13-11-12-14-24-42)33(37)35(45)40(22-7-2)28-18-16-27(17-19-28)39(8-3)9-4/h6-7,16-19,26,29,31-33,42H,1-2,8-15,20-25H2,3-5H3,(H,38,43)/t26-,29-,31+,32+,33-,37+/m1/s1. The van der Waals surface area contributed by atoms with Crippen molar-refractivity contribution in [2.75, 3.05) is 49.1 Å². The van der Waals surface area contributed by atoms with Crippen molar-refractivity contribution in [1.29, 1.82) is 0 Å². The maximum Gasteiger partial charge on any atom is 0.312 e. The molecule has 11 nitrogen and oxygen atoms in total. The number of nitrogens with zero attached hydrogens (tertiary/aromatic N) is 3. The number of amides is 3. The van der Waals surface area contributed by atoms with E-state index in [0.29, 0.717) is 50.8 Å². The number of fused-ring (bicyclic) bond motifs is 1. The van der Waals surface area contributed by atoms with E-state index < -0.39 is 41.7 Å². The molecule has 0 unspecified atom stereocenters. The fraction of sp³-hybridized carbons (Fsp3) is 0.622. The SMILES string of the molecule is C=CCCC(=O)NC[C@@H](C)OC(=O)[C@@H]1[C@H]2C(=O)N(CCCCCCO)[C@H](C(=O)N(CC=C)c3ccc(N(CC)CC)cc3)[C@]23CC[C@H]1O3. The number of hydrogen-bond acceptors (Lipinski definition) is 8. The second kappa shape index (κ2) is 17.1. The Balaban J connectivity index is 1.60. The van der Waals surface area contributed by atoms with Gasteiger partial charge in [0.05, 0.1) is 24.5 Å². The van der Waals surface area contributed by atoms with Crippen molar-refractivity contribution >= 4 is 35.1 Å². The summed E-state index contributed by atoms with van der Waals surface area (Å²) in [5.74, 6) is -2.92. The molecule has 48 heavy (non-hydrogen) atoms. The predicted molar refractivity (Wildman–Crippen MR) is 185 cm³/mol. The lowest BCUT2D eigenvalue weighted by atomic mass is 9.70. The summed E-state index contributed by atoms with van der Waals surface area (Å²) in [6.45, 7) is 16.0. The van der Waals surface area contributed by atoms with Crippen molar-refractivity contribution in [3.8, 4) is 0 Å². The molecule has 3 fully saturated rings. The quantitative estimate of drug-likeness (QED) is 0.122. The molecule has 3 aliphatic heterocycles. The van der Waals surface area contributed by atoms with Crippen LogP contribution in [-0.2, 0) is 28.7 Å². The van der Waals surface area contributed by atoms with Gasteiger partial charge in [-0.1, -0.05) is 25.0 Å². The van der Waals surface area contributed by atoms with Gasteiger partial charge in [0.25, 0.3) is 5.91 Å². The minimum absolute atomic E-state index is 0.106. The van der Waals surface area contributed by atoms with Crippen LogP contribution < -0.4 is 15.1 Å². The van der Waals surface area contributed by atoms with Crippen LogP contribution in [0.3, 0.4) is 0 Å². The summed E-state index contributed by atoms with van der Waals surface area (Å²) in [4.78, 5) is 60.4. The zero-order chi connectivity index (χ0) is 34.8. The van der Waals surface area contributed by atoms with Crippen molar-refractivity contribution in [3.63, 3.8) is 0 Å². The van der Waals surface area contributed by atoms with Crippen molar-refractivity contribution in [1.82, 2.24) is 10.2 Å². The molecule has 1 aromatic carbocycles. The second-order valence-electron chi connectivity index (χ2n) is 13.0. The lowest BCUT2D eigenvalue weighted by Gasteiger charge is -2.37. The number of esters is 1.